The molecule has 0 saturated heterocycles. The fourth-order valence-electron chi connectivity index (χ4n) is 3.84. The van der Waals surface area contributed by atoms with Crippen LogP contribution in [0.2, 0.25) is 0 Å². The van der Waals surface area contributed by atoms with Gasteiger partial charge < -0.3 is 20.4 Å². The Balaban J connectivity index is 1.97. The first kappa shape index (κ1) is 22.6. The van der Waals surface area contributed by atoms with E-state index in [0.717, 1.165) is 0 Å². The van der Waals surface area contributed by atoms with Crippen LogP contribution < -0.4 is 11.1 Å². The van der Waals surface area contributed by atoms with Gasteiger partial charge in [-0.3, -0.25) is 19.6 Å². The van der Waals surface area contributed by atoms with Crippen molar-refractivity contribution in [3.8, 4) is 28.6 Å². The Morgan fingerprint density at radius 1 is 1.35 bits per heavy atom. The number of aldehydes is 1. The zero-order chi connectivity index (χ0) is 24.2. The van der Waals surface area contributed by atoms with Gasteiger partial charge in [0.15, 0.2) is 6.29 Å². The van der Waals surface area contributed by atoms with E-state index < -0.39 is 5.91 Å². The van der Waals surface area contributed by atoms with Crippen LogP contribution in [0.3, 0.4) is 0 Å². The maximum absolute atomic E-state index is 12.6. The predicted molar refractivity (Wildman–Crippen MR) is 126 cm³/mol. The van der Waals surface area contributed by atoms with E-state index >= 15 is 0 Å². The van der Waals surface area contributed by atoms with Gasteiger partial charge in [0.05, 0.1) is 40.3 Å². The minimum absolute atomic E-state index is 0.137. The zero-order valence-corrected chi connectivity index (χ0v) is 18.6. The van der Waals surface area contributed by atoms with Gasteiger partial charge in [-0.2, -0.15) is 5.26 Å². The van der Waals surface area contributed by atoms with Gasteiger partial charge in [-0.15, -0.1) is 0 Å². The number of ether oxygens (including phenoxy) is 1. The molecule has 1 amide bonds. The van der Waals surface area contributed by atoms with Crippen LogP contribution in [0.1, 0.15) is 26.4 Å². The second kappa shape index (κ2) is 9.48. The molecule has 170 valence electrons. The molecular formula is C24H21N7O3. The van der Waals surface area contributed by atoms with Gasteiger partial charge in [-0.25, -0.2) is 4.98 Å². The summed E-state index contributed by atoms with van der Waals surface area (Å²) in [6, 6.07) is 9.14. The number of nitrogens with two attached hydrogens (primary N) is 1. The van der Waals surface area contributed by atoms with Crippen molar-refractivity contribution in [3.63, 3.8) is 0 Å². The predicted octanol–water partition coefficient (Wildman–Crippen LogP) is 2.54. The van der Waals surface area contributed by atoms with E-state index in [1.54, 1.807) is 49.3 Å². The van der Waals surface area contributed by atoms with Crippen molar-refractivity contribution >= 4 is 28.9 Å². The molecule has 0 saturated carbocycles. The number of methoxy groups -OCH3 is 1. The average Bonchev–Trinajstić information content (AvgIpc) is 3.15. The Labute approximate surface area is 195 Å². The first-order chi connectivity index (χ1) is 16.5. The summed E-state index contributed by atoms with van der Waals surface area (Å²) in [4.78, 5) is 37.4. The lowest BCUT2D eigenvalue weighted by molar-refractivity contribution is 0.100. The van der Waals surface area contributed by atoms with Gasteiger partial charge >= 0.3 is 0 Å². The van der Waals surface area contributed by atoms with Crippen LogP contribution in [-0.2, 0) is 11.8 Å². The maximum atomic E-state index is 12.6. The van der Waals surface area contributed by atoms with E-state index in [0.29, 0.717) is 64.2 Å². The Bertz CT molecular complexity index is 1440. The number of aromatic nitrogens is 4. The van der Waals surface area contributed by atoms with E-state index in [2.05, 4.69) is 26.3 Å². The number of hydrogen-bond acceptors (Lipinski definition) is 8. The summed E-state index contributed by atoms with van der Waals surface area (Å²) in [6.07, 6.45) is 5.33. The first-order valence-corrected chi connectivity index (χ1v) is 10.3. The normalized spacial score (nSPS) is 10.7. The lowest BCUT2D eigenvalue weighted by Gasteiger charge is -2.11. The van der Waals surface area contributed by atoms with Gasteiger partial charge in [-0.05, 0) is 18.2 Å². The fraction of sp³-hybridized carbons (Fsp3) is 0.167. The largest absolute Gasteiger partial charge is 0.383 e. The molecule has 0 unspecified atom stereocenters. The maximum Gasteiger partial charge on any atom is 0.253 e. The molecule has 0 aromatic carbocycles. The molecule has 0 aliphatic heterocycles. The average molecular weight is 455 g/mol. The van der Waals surface area contributed by atoms with E-state index in [-0.39, 0.29) is 11.3 Å². The molecule has 10 heteroatoms. The number of primary amides is 1. The highest BCUT2D eigenvalue weighted by atomic mass is 16.5. The number of carbonyl (C=O) groups excluding carboxylic acids is 2. The quantitative estimate of drug-likeness (QED) is 0.304. The van der Waals surface area contributed by atoms with Crippen molar-refractivity contribution in [1.29, 1.82) is 5.26 Å². The molecule has 0 aliphatic carbocycles. The number of nitrogens with zero attached hydrogens (tertiary/aromatic N) is 5. The first-order valence-electron chi connectivity index (χ1n) is 10.3. The second-order valence-electron chi connectivity index (χ2n) is 7.44. The van der Waals surface area contributed by atoms with E-state index in [4.69, 9.17) is 10.5 Å². The highest BCUT2D eigenvalue weighted by Crippen LogP contribution is 2.35. The van der Waals surface area contributed by atoms with Crippen LogP contribution in [0.25, 0.3) is 33.5 Å². The molecule has 4 rings (SSSR count). The lowest BCUT2D eigenvalue weighted by Crippen LogP contribution is -2.13. The molecular weight excluding hydrogens is 434 g/mol. The number of nitrogens with one attached hydrogen (secondary N) is 1. The minimum Gasteiger partial charge on any atom is -0.383 e. The highest BCUT2D eigenvalue weighted by molar-refractivity contribution is 6.12. The van der Waals surface area contributed by atoms with Gasteiger partial charge in [0.2, 0.25) is 0 Å². The third kappa shape index (κ3) is 3.96. The van der Waals surface area contributed by atoms with E-state index in [9.17, 15) is 14.9 Å². The molecule has 34 heavy (non-hydrogen) atoms. The molecule has 0 spiro atoms. The minimum atomic E-state index is -0.709. The summed E-state index contributed by atoms with van der Waals surface area (Å²) in [6.45, 7) is 0.920. The van der Waals surface area contributed by atoms with Gasteiger partial charge in [0.1, 0.15) is 17.3 Å². The van der Waals surface area contributed by atoms with Crippen LogP contribution in [0, 0.1) is 11.3 Å². The number of anilines is 1. The number of nitriles is 1. The Morgan fingerprint density at radius 2 is 2.18 bits per heavy atom. The Morgan fingerprint density at radius 3 is 2.82 bits per heavy atom. The van der Waals surface area contributed by atoms with Crippen molar-refractivity contribution in [2.75, 3.05) is 25.6 Å². The van der Waals surface area contributed by atoms with Crippen molar-refractivity contribution in [3.05, 3.63) is 59.7 Å². The summed E-state index contributed by atoms with van der Waals surface area (Å²) >= 11 is 0. The van der Waals surface area contributed by atoms with E-state index in [1.807, 2.05) is 6.07 Å². The SMILES string of the molecule is COCCNc1cc(-c2c(C(N)=O)c3nc(C=O)c(-c4cccnc4)cc3n2C)ncc1C#N. The fourth-order valence-corrected chi connectivity index (χ4v) is 3.84. The second-order valence-corrected chi connectivity index (χ2v) is 7.44. The molecule has 3 N–H and O–H groups in total. The number of rotatable bonds is 8. The standard InChI is InChI=1S/C24H21N7O3/c1-31-20-8-16(14-4-3-5-27-11-14)19(13-32)30-22(20)21(24(26)33)23(31)18-9-17(28-6-7-34-2)15(10-25)12-29-18/h3-5,8-9,11-13H,6-7H2,1-2H3,(H2,26,33)(H,28,29). The molecule has 0 radical (unpaired) electrons. The Kier molecular flexibility index (Phi) is 6.29. The smallest absolute Gasteiger partial charge is 0.253 e. The number of hydrogen-bond donors (Lipinski definition) is 2. The lowest BCUT2D eigenvalue weighted by atomic mass is 10.0. The monoisotopic (exact) mass is 455 g/mol. The molecule has 0 fully saturated rings. The van der Waals surface area contributed by atoms with Crippen LogP contribution in [-0.4, -0.2) is 52.0 Å². The van der Waals surface area contributed by atoms with Crippen LogP contribution >= 0.6 is 0 Å². The number of pyridine rings is 3. The summed E-state index contributed by atoms with van der Waals surface area (Å²) in [5.74, 6) is -0.709. The highest BCUT2D eigenvalue weighted by Gasteiger charge is 2.25. The summed E-state index contributed by atoms with van der Waals surface area (Å²) in [5.41, 5.74) is 9.97. The zero-order valence-electron chi connectivity index (χ0n) is 18.6. The van der Waals surface area contributed by atoms with Crippen molar-refractivity contribution in [2.45, 2.75) is 0 Å². The molecule has 10 nitrogen and oxygen atoms in total. The molecule has 0 aliphatic rings. The number of carbonyl (C=O) groups is 2. The number of amides is 1. The van der Waals surface area contributed by atoms with Gasteiger partial charge in [0, 0.05) is 50.4 Å². The molecule has 0 bridgehead atoms. The number of aryl methyl sites for hydroxylation is 1. The number of fused-ring (bicyclic) bond motifs is 1. The van der Waals surface area contributed by atoms with Crippen molar-refractivity contribution in [2.24, 2.45) is 12.8 Å². The molecule has 4 aromatic heterocycles. The molecule has 4 aromatic rings. The van der Waals surface area contributed by atoms with Crippen LogP contribution in [0.15, 0.2) is 42.9 Å². The summed E-state index contributed by atoms with van der Waals surface area (Å²) in [7, 11) is 3.34. The van der Waals surface area contributed by atoms with Crippen molar-refractivity contribution < 1.29 is 14.3 Å². The Hall–Kier alpha value is -4.62. The van der Waals surface area contributed by atoms with E-state index in [1.165, 1.54) is 6.20 Å². The summed E-state index contributed by atoms with van der Waals surface area (Å²) < 4.78 is 6.82. The summed E-state index contributed by atoms with van der Waals surface area (Å²) in [5, 5.41) is 12.6. The third-order valence-electron chi connectivity index (χ3n) is 5.42. The third-order valence-corrected chi connectivity index (χ3v) is 5.42. The van der Waals surface area contributed by atoms with Crippen molar-refractivity contribution in [1.82, 2.24) is 19.5 Å². The topological polar surface area (TPSA) is 149 Å². The van der Waals surface area contributed by atoms with Gasteiger partial charge in [0.25, 0.3) is 5.91 Å². The van der Waals surface area contributed by atoms with Crippen LogP contribution in [0.4, 0.5) is 5.69 Å². The molecule has 4 heterocycles. The molecule has 0 atom stereocenters. The van der Waals surface area contributed by atoms with Crippen LogP contribution in [0.5, 0.6) is 0 Å². The van der Waals surface area contributed by atoms with Gasteiger partial charge in [-0.1, -0.05) is 6.07 Å².